The molecule has 35 heavy (non-hydrogen) atoms. The van der Waals surface area contributed by atoms with Crippen molar-refractivity contribution < 1.29 is 39.3 Å². The van der Waals surface area contributed by atoms with Gasteiger partial charge in [0.15, 0.2) is 0 Å². The number of alkyl halides is 3. The Morgan fingerprint density at radius 2 is 1.51 bits per heavy atom. The summed E-state index contributed by atoms with van der Waals surface area (Å²) in [6, 6.07) is 14.9. The second-order valence-electron chi connectivity index (χ2n) is 7.84. The predicted octanol–water partition coefficient (Wildman–Crippen LogP) is 6.50. The third-order valence-electron chi connectivity index (χ3n) is 5.63. The molecule has 4 rings (SSSR count). The number of hydrogen-bond donors (Lipinski definition) is 0. The van der Waals surface area contributed by atoms with Crippen LogP contribution in [-0.4, -0.2) is 21.0 Å². The van der Waals surface area contributed by atoms with E-state index in [0.717, 1.165) is 11.1 Å². The number of allylic oxidation sites excluding steroid dienone is 1. The summed E-state index contributed by atoms with van der Waals surface area (Å²) in [5.41, 5.74) is -3.32. The Morgan fingerprint density at radius 1 is 0.857 bits per heavy atom. The lowest BCUT2D eigenvalue weighted by molar-refractivity contribution is -0.0500. The van der Waals surface area contributed by atoms with Gasteiger partial charge in [-0.25, -0.2) is 8.78 Å². The second-order valence-corrected chi connectivity index (χ2v) is 9.38. The SMILES string of the molecule is COc1ccc2c(c1)CCCC(c1ccccc1)=C2c1c(F)cc(OS(=O)(=O)C(F)(F)F)cc1F. The van der Waals surface area contributed by atoms with Crippen molar-refractivity contribution in [1.82, 2.24) is 0 Å². The fourth-order valence-electron chi connectivity index (χ4n) is 4.12. The molecule has 10 heteroatoms. The van der Waals surface area contributed by atoms with Crippen LogP contribution in [-0.2, 0) is 16.5 Å². The van der Waals surface area contributed by atoms with Crippen LogP contribution in [0.1, 0.15) is 35.1 Å². The van der Waals surface area contributed by atoms with Crippen molar-refractivity contribution in [1.29, 1.82) is 0 Å². The van der Waals surface area contributed by atoms with Crippen LogP contribution in [0.4, 0.5) is 22.0 Å². The Bertz CT molecular complexity index is 1370. The first-order valence-corrected chi connectivity index (χ1v) is 11.9. The van der Waals surface area contributed by atoms with Crippen molar-refractivity contribution in [3.8, 4) is 11.5 Å². The van der Waals surface area contributed by atoms with Gasteiger partial charge in [-0.2, -0.15) is 21.6 Å². The van der Waals surface area contributed by atoms with Crippen LogP contribution in [0.5, 0.6) is 11.5 Å². The number of benzene rings is 3. The van der Waals surface area contributed by atoms with Crippen LogP contribution in [0.2, 0.25) is 0 Å². The molecule has 0 spiro atoms. The first-order chi connectivity index (χ1) is 16.5. The summed E-state index contributed by atoms with van der Waals surface area (Å²) in [5, 5.41) is 0. The summed E-state index contributed by atoms with van der Waals surface area (Å²) in [6.45, 7) is 0. The molecule has 0 aromatic heterocycles. The molecule has 0 saturated heterocycles. The van der Waals surface area contributed by atoms with Crippen LogP contribution >= 0.6 is 0 Å². The molecule has 0 N–H and O–H groups in total. The van der Waals surface area contributed by atoms with Gasteiger partial charge in [0.2, 0.25) is 0 Å². The van der Waals surface area contributed by atoms with E-state index in [1.165, 1.54) is 7.11 Å². The van der Waals surface area contributed by atoms with Crippen LogP contribution in [0.3, 0.4) is 0 Å². The van der Waals surface area contributed by atoms with Crippen LogP contribution in [0.25, 0.3) is 11.1 Å². The third-order valence-corrected chi connectivity index (χ3v) is 6.61. The maximum absolute atomic E-state index is 15.4. The zero-order chi connectivity index (χ0) is 25.4. The maximum Gasteiger partial charge on any atom is 0.534 e. The molecule has 0 atom stereocenters. The Hall–Kier alpha value is -3.40. The largest absolute Gasteiger partial charge is 0.534 e. The summed E-state index contributed by atoms with van der Waals surface area (Å²) in [7, 11) is -4.60. The van der Waals surface area contributed by atoms with Gasteiger partial charge in [0.25, 0.3) is 0 Å². The topological polar surface area (TPSA) is 52.6 Å². The molecule has 4 nitrogen and oxygen atoms in total. The van der Waals surface area contributed by atoms with Crippen LogP contribution in [0.15, 0.2) is 60.7 Å². The molecule has 0 fully saturated rings. The van der Waals surface area contributed by atoms with Gasteiger partial charge in [0.05, 0.1) is 12.7 Å². The van der Waals surface area contributed by atoms with Crippen molar-refractivity contribution in [2.75, 3.05) is 7.11 Å². The summed E-state index contributed by atoms with van der Waals surface area (Å²) in [6.07, 6.45) is 1.73. The van der Waals surface area contributed by atoms with E-state index in [9.17, 15) is 21.6 Å². The highest BCUT2D eigenvalue weighted by Crippen LogP contribution is 2.43. The maximum atomic E-state index is 15.4. The molecule has 0 unspecified atom stereocenters. The van der Waals surface area contributed by atoms with Gasteiger partial charge in [-0.05, 0) is 59.2 Å². The summed E-state index contributed by atoms with van der Waals surface area (Å²) >= 11 is 0. The van der Waals surface area contributed by atoms with E-state index in [0.29, 0.717) is 48.3 Å². The lowest BCUT2D eigenvalue weighted by atomic mass is 9.87. The lowest BCUT2D eigenvalue weighted by Crippen LogP contribution is -2.28. The molecule has 1 aliphatic rings. The molecule has 0 heterocycles. The van der Waals surface area contributed by atoms with Gasteiger partial charge >= 0.3 is 15.6 Å². The molecule has 184 valence electrons. The van der Waals surface area contributed by atoms with Gasteiger partial charge in [0, 0.05) is 12.1 Å². The molecule has 1 aliphatic carbocycles. The van der Waals surface area contributed by atoms with Gasteiger partial charge in [-0.3, -0.25) is 0 Å². The summed E-state index contributed by atoms with van der Waals surface area (Å²) in [4.78, 5) is 0. The highest BCUT2D eigenvalue weighted by Gasteiger charge is 2.48. The molecular weight excluding hydrogens is 491 g/mol. The Labute approximate surface area is 198 Å². The van der Waals surface area contributed by atoms with E-state index in [-0.39, 0.29) is 5.57 Å². The van der Waals surface area contributed by atoms with Gasteiger partial charge in [0.1, 0.15) is 23.1 Å². The zero-order valence-electron chi connectivity index (χ0n) is 18.3. The lowest BCUT2D eigenvalue weighted by Gasteiger charge is -2.19. The first kappa shape index (κ1) is 24.7. The first-order valence-electron chi connectivity index (χ1n) is 10.5. The highest BCUT2D eigenvalue weighted by atomic mass is 32.2. The molecule has 3 aromatic carbocycles. The number of rotatable bonds is 5. The third kappa shape index (κ3) is 4.88. The van der Waals surface area contributed by atoms with Crippen LogP contribution < -0.4 is 8.92 Å². The average Bonchev–Trinajstić information content (AvgIpc) is 2.97. The van der Waals surface area contributed by atoms with Crippen molar-refractivity contribution in [3.63, 3.8) is 0 Å². The monoisotopic (exact) mass is 510 g/mol. The Morgan fingerprint density at radius 3 is 2.11 bits per heavy atom. The number of fused-ring (bicyclic) bond motifs is 1. The standard InChI is InChI=1S/C25H19F5O4S/c1-33-17-10-11-20-16(12-17)8-5-9-19(15-6-3-2-4-7-15)23(20)24-21(26)13-18(14-22(24)27)34-35(31,32)25(28,29)30/h2-4,6-7,10-14H,5,8-9H2,1H3. The summed E-state index contributed by atoms with van der Waals surface area (Å²) < 4.78 is 101. The minimum atomic E-state index is -6.10. The molecule has 0 aliphatic heterocycles. The quantitative estimate of drug-likeness (QED) is 0.224. The number of ether oxygens (including phenoxy) is 1. The van der Waals surface area contributed by atoms with Crippen molar-refractivity contribution >= 4 is 21.3 Å². The van der Waals surface area contributed by atoms with Gasteiger partial charge in [-0.15, -0.1) is 0 Å². The molecule has 0 amide bonds. The summed E-state index contributed by atoms with van der Waals surface area (Å²) in [5.74, 6) is -3.08. The Kier molecular flexibility index (Phi) is 6.59. The van der Waals surface area contributed by atoms with Crippen molar-refractivity contribution in [2.24, 2.45) is 0 Å². The fourth-order valence-corrected chi connectivity index (χ4v) is 4.56. The average molecular weight is 510 g/mol. The van der Waals surface area contributed by atoms with E-state index in [1.807, 2.05) is 0 Å². The van der Waals surface area contributed by atoms with Crippen LogP contribution in [0, 0.1) is 11.6 Å². The van der Waals surface area contributed by atoms with E-state index in [4.69, 9.17) is 4.74 Å². The van der Waals surface area contributed by atoms with Gasteiger partial charge < -0.3 is 8.92 Å². The normalized spacial score (nSPS) is 14.3. The van der Waals surface area contributed by atoms with Crippen molar-refractivity contribution in [3.05, 3.63) is 94.6 Å². The van der Waals surface area contributed by atoms with E-state index < -0.39 is 38.6 Å². The Balaban J connectivity index is 1.95. The van der Waals surface area contributed by atoms with Gasteiger partial charge in [-0.1, -0.05) is 36.4 Å². The molecule has 0 saturated carbocycles. The predicted molar refractivity (Wildman–Crippen MR) is 120 cm³/mol. The minimum Gasteiger partial charge on any atom is -0.497 e. The number of hydrogen-bond acceptors (Lipinski definition) is 4. The van der Waals surface area contributed by atoms with E-state index >= 15 is 8.78 Å². The second kappa shape index (κ2) is 9.33. The minimum absolute atomic E-state index is 0.228. The molecule has 0 bridgehead atoms. The fraction of sp³-hybridized carbons (Fsp3) is 0.200. The molecular formula is C25H19F5O4S. The number of methoxy groups -OCH3 is 1. The highest BCUT2D eigenvalue weighted by molar-refractivity contribution is 7.88. The number of halogens is 5. The molecule has 3 aromatic rings. The van der Waals surface area contributed by atoms with E-state index in [2.05, 4.69) is 4.18 Å². The number of aryl methyl sites for hydroxylation is 1. The smallest absolute Gasteiger partial charge is 0.497 e. The van der Waals surface area contributed by atoms with E-state index in [1.54, 1.807) is 48.5 Å². The zero-order valence-corrected chi connectivity index (χ0v) is 19.1. The molecule has 0 radical (unpaired) electrons. The van der Waals surface area contributed by atoms with Crippen molar-refractivity contribution in [2.45, 2.75) is 24.8 Å².